The molecule has 0 aliphatic rings. The van der Waals surface area contributed by atoms with Gasteiger partial charge in [0.05, 0.1) is 28.6 Å². The highest BCUT2D eigenvalue weighted by molar-refractivity contribution is 6.25. The van der Waals surface area contributed by atoms with Gasteiger partial charge in [0.2, 0.25) is 0 Å². The van der Waals surface area contributed by atoms with Gasteiger partial charge < -0.3 is 9.99 Å². The number of fused-ring (bicyclic) bond motifs is 7. The Balaban J connectivity index is 0.000000892. The van der Waals surface area contributed by atoms with E-state index in [0.29, 0.717) is 0 Å². The van der Waals surface area contributed by atoms with Crippen molar-refractivity contribution in [1.82, 2.24) is 9.24 Å². The van der Waals surface area contributed by atoms with Crippen molar-refractivity contribution in [2.24, 2.45) is 0 Å². The lowest BCUT2D eigenvalue weighted by molar-refractivity contribution is 0.941. The maximum Gasteiger partial charge on any atom is 0.0727 e. The van der Waals surface area contributed by atoms with E-state index in [1.807, 2.05) is 6.92 Å². The van der Waals surface area contributed by atoms with Gasteiger partial charge >= 0.3 is 0 Å². The Morgan fingerprint density at radius 2 is 1.38 bits per heavy atom. The second-order valence-electron chi connectivity index (χ2n) is 9.48. The van der Waals surface area contributed by atoms with Crippen LogP contribution < -0.4 is 5.43 Å². The molecule has 0 radical (unpaired) electrons. The number of hydrogen-bond acceptors (Lipinski definition) is 1. The van der Waals surface area contributed by atoms with E-state index in [-0.39, 0.29) is 0 Å². The van der Waals surface area contributed by atoms with Crippen LogP contribution in [0.4, 0.5) is 0 Å². The molecular formula is C34H35N3. The largest absolute Gasteiger partial charge is 0.321 e. The summed E-state index contributed by atoms with van der Waals surface area (Å²) >= 11 is 0. The molecule has 0 fully saturated rings. The lowest BCUT2D eigenvalue weighted by atomic mass is 10.1. The molecule has 4 aromatic carbocycles. The molecule has 0 aliphatic heterocycles. The zero-order valence-electron chi connectivity index (χ0n) is 22.2. The lowest BCUT2D eigenvalue weighted by Gasteiger charge is -2.12. The van der Waals surface area contributed by atoms with Gasteiger partial charge in [0.15, 0.2) is 0 Å². The van der Waals surface area contributed by atoms with Crippen LogP contribution in [0.2, 0.25) is 0 Å². The number of hydrogen-bond donors (Lipinski definition) is 1. The van der Waals surface area contributed by atoms with E-state index in [0.717, 1.165) is 6.54 Å². The molecule has 0 bridgehead atoms. The number of rotatable bonds is 5. The van der Waals surface area contributed by atoms with Gasteiger partial charge in [0.1, 0.15) is 0 Å². The minimum absolute atomic E-state index is 0.776. The van der Waals surface area contributed by atoms with Crippen LogP contribution in [0.1, 0.15) is 34.1 Å². The Hall–Kier alpha value is -4.24. The standard InChI is InChI=1S/C31H27N3.C3H8/c1-3-4-12-22(2)21-32-34-28-18-11-9-16-26(28)30-29(34)20-19-25-24-15-8-10-17-27(24)33(31(25)30)23-13-6-5-7-14-23;1-3-2/h3-20,32H,21H2,1-2H3;3H2,1-2H3/b4-3-,22-12+;. The van der Waals surface area contributed by atoms with Crippen LogP contribution in [0.5, 0.6) is 0 Å². The maximum atomic E-state index is 3.68. The Labute approximate surface area is 219 Å². The molecule has 0 unspecified atom stereocenters. The van der Waals surface area contributed by atoms with E-state index in [4.69, 9.17) is 0 Å². The van der Waals surface area contributed by atoms with Crippen molar-refractivity contribution in [1.29, 1.82) is 0 Å². The molecule has 3 heteroatoms. The number of nitrogens with zero attached hydrogens (tertiary/aromatic N) is 2. The van der Waals surface area contributed by atoms with Crippen LogP contribution in [0.3, 0.4) is 0 Å². The summed E-state index contributed by atoms with van der Waals surface area (Å²) in [5, 5.41) is 5.08. The summed E-state index contributed by atoms with van der Waals surface area (Å²) in [5.41, 5.74) is 11.0. The highest BCUT2D eigenvalue weighted by Crippen LogP contribution is 2.40. The molecular weight excluding hydrogens is 450 g/mol. The highest BCUT2D eigenvalue weighted by Gasteiger charge is 2.19. The minimum atomic E-state index is 0.776. The maximum absolute atomic E-state index is 3.68. The summed E-state index contributed by atoms with van der Waals surface area (Å²) < 4.78 is 4.67. The molecule has 2 heterocycles. The smallest absolute Gasteiger partial charge is 0.0727 e. The lowest BCUT2D eigenvalue weighted by Crippen LogP contribution is -2.16. The molecule has 6 rings (SSSR count). The SMILES string of the molecule is C/C=C\C=C(/C)CNn1c2ccccc2c2c1ccc1c3ccccc3n(-c3ccccc3)c12.CCC. The average Bonchev–Trinajstić information content (AvgIpc) is 3.44. The van der Waals surface area contributed by atoms with E-state index in [2.05, 4.69) is 145 Å². The summed E-state index contributed by atoms with van der Waals surface area (Å²) in [5.74, 6) is 0. The Morgan fingerprint density at radius 1 is 0.730 bits per heavy atom. The number of para-hydroxylation sites is 3. The molecule has 6 aromatic rings. The van der Waals surface area contributed by atoms with Crippen molar-refractivity contribution in [3.63, 3.8) is 0 Å². The van der Waals surface area contributed by atoms with Gasteiger partial charge in [0.25, 0.3) is 0 Å². The van der Waals surface area contributed by atoms with Crippen molar-refractivity contribution in [2.45, 2.75) is 34.1 Å². The van der Waals surface area contributed by atoms with Crippen LogP contribution in [0.25, 0.3) is 49.3 Å². The topological polar surface area (TPSA) is 21.9 Å². The molecule has 0 spiro atoms. The molecule has 186 valence electrons. The normalized spacial score (nSPS) is 12.1. The van der Waals surface area contributed by atoms with Crippen LogP contribution in [-0.2, 0) is 0 Å². The first-order valence-electron chi connectivity index (χ1n) is 13.2. The molecule has 37 heavy (non-hydrogen) atoms. The first-order chi connectivity index (χ1) is 18.2. The van der Waals surface area contributed by atoms with Crippen molar-refractivity contribution < 1.29 is 0 Å². The fourth-order valence-corrected chi connectivity index (χ4v) is 5.05. The molecule has 0 saturated heterocycles. The molecule has 3 nitrogen and oxygen atoms in total. The number of aromatic nitrogens is 2. The predicted molar refractivity (Wildman–Crippen MR) is 163 cm³/mol. The highest BCUT2D eigenvalue weighted by atomic mass is 15.4. The Kier molecular flexibility index (Phi) is 7.14. The monoisotopic (exact) mass is 485 g/mol. The molecule has 1 N–H and O–H groups in total. The van der Waals surface area contributed by atoms with E-state index >= 15 is 0 Å². The summed E-state index contributed by atoms with van der Waals surface area (Å²) in [7, 11) is 0. The third-order valence-electron chi connectivity index (χ3n) is 6.57. The van der Waals surface area contributed by atoms with Crippen molar-refractivity contribution >= 4 is 43.6 Å². The summed E-state index contributed by atoms with van der Waals surface area (Å²) in [6, 6.07) is 32.6. The van der Waals surface area contributed by atoms with Gasteiger partial charge in [-0.15, -0.1) is 0 Å². The van der Waals surface area contributed by atoms with Crippen LogP contribution in [0, 0.1) is 0 Å². The van der Waals surface area contributed by atoms with Gasteiger partial charge in [-0.3, -0.25) is 4.68 Å². The van der Waals surface area contributed by atoms with E-state index in [1.165, 1.54) is 61.3 Å². The average molecular weight is 486 g/mol. The molecule has 0 amide bonds. The second kappa shape index (κ2) is 10.8. The van der Waals surface area contributed by atoms with Crippen LogP contribution in [0.15, 0.2) is 115 Å². The van der Waals surface area contributed by atoms with Crippen molar-refractivity contribution in [3.05, 3.63) is 115 Å². The van der Waals surface area contributed by atoms with Gasteiger partial charge in [0, 0.05) is 27.2 Å². The predicted octanol–water partition coefficient (Wildman–Crippen LogP) is 9.37. The fraction of sp³-hybridized carbons (Fsp3) is 0.176. The number of benzene rings is 4. The van der Waals surface area contributed by atoms with E-state index in [9.17, 15) is 0 Å². The summed E-state index contributed by atoms with van der Waals surface area (Å²) in [6.45, 7) is 9.23. The van der Waals surface area contributed by atoms with Crippen LogP contribution >= 0.6 is 0 Å². The van der Waals surface area contributed by atoms with Crippen molar-refractivity contribution in [2.75, 3.05) is 12.0 Å². The Morgan fingerprint density at radius 3 is 2.11 bits per heavy atom. The Bertz CT molecular complexity index is 1730. The van der Waals surface area contributed by atoms with Gasteiger partial charge in [-0.25, -0.2) is 0 Å². The first-order valence-corrected chi connectivity index (χ1v) is 13.2. The zero-order valence-corrected chi connectivity index (χ0v) is 22.2. The molecule has 0 atom stereocenters. The van der Waals surface area contributed by atoms with E-state index < -0.39 is 0 Å². The summed E-state index contributed by atoms with van der Waals surface area (Å²) in [6.07, 6.45) is 7.56. The quantitative estimate of drug-likeness (QED) is 0.241. The number of allylic oxidation sites excluding steroid dienone is 3. The van der Waals surface area contributed by atoms with E-state index in [1.54, 1.807) is 0 Å². The molecule has 0 aliphatic carbocycles. The second-order valence-corrected chi connectivity index (χ2v) is 9.48. The molecule has 0 saturated carbocycles. The van der Waals surface area contributed by atoms with Crippen LogP contribution in [-0.4, -0.2) is 15.8 Å². The number of nitrogens with one attached hydrogen (secondary N) is 1. The van der Waals surface area contributed by atoms with Crippen molar-refractivity contribution in [3.8, 4) is 5.69 Å². The van der Waals surface area contributed by atoms with Gasteiger partial charge in [-0.2, -0.15) is 0 Å². The van der Waals surface area contributed by atoms with Gasteiger partial charge in [-0.1, -0.05) is 105 Å². The first kappa shape index (κ1) is 24.5. The third-order valence-corrected chi connectivity index (χ3v) is 6.57. The third kappa shape index (κ3) is 4.42. The molecule has 2 aromatic heterocycles. The fourth-order valence-electron chi connectivity index (χ4n) is 5.05. The summed E-state index contributed by atoms with van der Waals surface area (Å²) in [4.78, 5) is 0. The zero-order chi connectivity index (χ0) is 25.8. The van der Waals surface area contributed by atoms with Gasteiger partial charge in [-0.05, 0) is 44.2 Å². The minimum Gasteiger partial charge on any atom is -0.321 e.